The Morgan fingerprint density at radius 2 is 1.80 bits per heavy atom. The van der Waals surface area contributed by atoms with E-state index in [1.165, 1.54) is 31.6 Å². The summed E-state index contributed by atoms with van der Waals surface area (Å²) in [6.45, 7) is 5.69. The van der Waals surface area contributed by atoms with Crippen molar-refractivity contribution in [2.75, 3.05) is 63.6 Å². The third kappa shape index (κ3) is 9.36. The van der Waals surface area contributed by atoms with Gasteiger partial charge in [-0.3, -0.25) is 39.1 Å². The summed E-state index contributed by atoms with van der Waals surface area (Å²) >= 11 is 5.97. The number of nitrogens with zero attached hydrogens (tertiary/aromatic N) is 6. The van der Waals surface area contributed by atoms with Gasteiger partial charge >= 0.3 is 0 Å². The molecule has 4 aromatic rings. The maximum absolute atomic E-state index is 13.7. The first kappa shape index (κ1) is 41.8. The van der Waals surface area contributed by atoms with E-state index in [-0.39, 0.29) is 35.1 Å². The minimum absolute atomic E-state index is 0.0234. The van der Waals surface area contributed by atoms with Crippen LogP contribution in [0.4, 0.5) is 21.6 Å². The summed E-state index contributed by atoms with van der Waals surface area (Å²) in [5.74, 6) is -0.823. The van der Waals surface area contributed by atoms with Gasteiger partial charge in [0.05, 0.1) is 23.3 Å². The monoisotopic (exact) mass is 851 g/mol. The van der Waals surface area contributed by atoms with Gasteiger partial charge in [0, 0.05) is 86.9 Å². The SMILES string of the molecule is COc1cc2ncnc(Nc3ccc(F)c(Cl)c3)c2cc1NC(=O)/C=C/CN1CCC(N2CCN(C(=O)CCc3cccc4c3CN(C3CCC(=O)NC3=O)C4=O)CC2)CC1. The topological polar surface area (TPSA) is 169 Å². The normalized spacial score (nSPS) is 19.1. The molecular weight excluding hydrogens is 805 g/mol. The van der Waals surface area contributed by atoms with Crippen LogP contribution in [0.2, 0.25) is 5.02 Å². The predicted octanol–water partition coefficient (Wildman–Crippen LogP) is 4.67. The van der Waals surface area contributed by atoms with Gasteiger partial charge < -0.3 is 25.2 Å². The molecule has 3 fully saturated rings. The molecule has 0 radical (unpaired) electrons. The van der Waals surface area contributed by atoms with Gasteiger partial charge in [0.1, 0.15) is 29.8 Å². The lowest BCUT2D eigenvalue weighted by Crippen LogP contribution is -2.54. The summed E-state index contributed by atoms with van der Waals surface area (Å²) in [5, 5.41) is 8.99. The zero-order valence-corrected chi connectivity index (χ0v) is 34.5. The average molecular weight is 852 g/mol. The van der Waals surface area contributed by atoms with E-state index in [9.17, 15) is 28.4 Å². The van der Waals surface area contributed by atoms with E-state index in [4.69, 9.17) is 16.3 Å². The maximum atomic E-state index is 13.7. The number of fused-ring (bicyclic) bond motifs is 2. The van der Waals surface area contributed by atoms with Crippen molar-refractivity contribution in [3.63, 3.8) is 0 Å². The maximum Gasteiger partial charge on any atom is 0.255 e. The highest BCUT2D eigenvalue weighted by molar-refractivity contribution is 6.31. The number of halogens is 2. The third-order valence-electron chi connectivity index (χ3n) is 12.1. The van der Waals surface area contributed by atoms with Crippen molar-refractivity contribution < 1.29 is 33.1 Å². The summed E-state index contributed by atoms with van der Waals surface area (Å²) in [5.41, 5.74) is 3.93. The Balaban J connectivity index is 0.774. The molecule has 3 saturated heterocycles. The molecule has 15 nitrogen and oxygen atoms in total. The van der Waals surface area contributed by atoms with Gasteiger partial charge in [-0.05, 0) is 80.2 Å². The van der Waals surface area contributed by atoms with E-state index in [0.29, 0.717) is 90.9 Å². The van der Waals surface area contributed by atoms with Crippen LogP contribution >= 0.6 is 11.6 Å². The molecule has 318 valence electrons. The Morgan fingerprint density at radius 3 is 2.56 bits per heavy atom. The summed E-state index contributed by atoms with van der Waals surface area (Å²) in [4.78, 5) is 80.7. The van der Waals surface area contributed by atoms with E-state index in [0.717, 1.165) is 50.1 Å². The molecule has 1 aromatic heterocycles. The lowest BCUT2D eigenvalue weighted by atomic mass is 9.99. The standard InChI is InChI=1S/C44H47ClFN9O6/c1-61-38-24-35-31(42(48-26-47-35)49-28-8-9-34(46)33(45)22-28)23-36(38)50-39(56)6-3-15-52-16-13-29(14-17-52)53-18-20-54(21-19-53)41(58)12-7-27-4-2-5-30-32(27)25-55(44(30)60)37-10-11-40(57)51-43(37)59/h2-6,8-9,22-24,26,29,37H,7,10-21,25H2,1H3,(H,50,56)(H,47,48,49)(H,51,57,59)/b6-3+. The summed E-state index contributed by atoms with van der Waals surface area (Å²) in [7, 11) is 1.52. The van der Waals surface area contributed by atoms with Crippen LogP contribution in [0.3, 0.4) is 0 Å². The average Bonchev–Trinajstić information content (AvgIpc) is 3.60. The molecule has 5 heterocycles. The predicted molar refractivity (Wildman–Crippen MR) is 227 cm³/mol. The van der Waals surface area contributed by atoms with Crippen molar-refractivity contribution in [3.8, 4) is 5.75 Å². The van der Waals surface area contributed by atoms with E-state index >= 15 is 0 Å². The highest BCUT2D eigenvalue weighted by Gasteiger charge is 2.40. The Labute approximate surface area is 357 Å². The molecule has 1 unspecified atom stereocenters. The number of carbonyl (C=O) groups is 5. The van der Waals surface area contributed by atoms with E-state index < -0.39 is 17.8 Å². The van der Waals surface area contributed by atoms with Crippen LogP contribution in [0, 0.1) is 5.82 Å². The van der Waals surface area contributed by atoms with Gasteiger partial charge in [-0.15, -0.1) is 0 Å². The highest BCUT2D eigenvalue weighted by Crippen LogP contribution is 2.34. The molecule has 17 heteroatoms. The second-order valence-electron chi connectivity index (χ2n) is 15.7. The summed E-state index contributed by atoms with van der Waals surface area (Å²) in [6.07, 6.45) is 8.14. The third-order valence-corrected chi connectivity index (χ3v) is 12.3. The lowest BCUT2D eigenvalue weighted by molar-refractivity contribution is -0.137. The van der Waals surface area contributed by atoms with Crippen LogP contribution < -0.4 is 20.7 Å². The van der Waals surface area contributed by atoms with Crippen LogP contribution in [-0.4, -0.2) is 124 Å². The molecule has 0 saturated carbocycles. The molecule has 0 spiro atoms. The largest absolute Gasteiger partial charge is 0.494 e. The first-order valence-electron chi connectivity index (χ1n) is 20.6. The number of aromatic nitrogens is 2. The van der Waals surface area contributed by atoms with Gasteiger partial charge in [0.25, 0.3) is 5.91 Å². The quantitative estimate of drug-likeness (QED) is 0.134. The highest BCUT2D eigenvalue weighted by atomic mass is 35.5. The van der Waals surface area contributed by atoms with Gasteiger partial charge in [0.15, 0.2) is 0 Å². The number of amides is 5. The number of aryl methyl sites for hydroxylation is 1. The first-order valence-corrected chi connectivity index (χ1v) is 20.9. The van der Waals surface area contributed by atoms with Crippen molar-refractivity contribution >= 4 is 69.2 Å². The molecule has 3 N–H and O–H groups in total. The van der Waals surface area contributed by atoms with Crippen LogP contribution in [0.5, 0.6) is 5.75 Å². The molecule has 5 amide bonds. The zero-order chi connectivity index (χ0) is 42.6. The van der Waals surface area contributed by atoms with Gasteiger partial charge in [-0.25, -0.2) is 14.4 Å². The van der Waals surface area contributed by atoms with Gasteiger partial charge in [0.2, 0.25) is 23.6 Å². The number of nitrogens with one attached hydrogen (secondary N) is 3. The molecule has 0 aliphatic carbocycles. The second kappa shape index (κ2) is 18.3. The number of hydrogen-bond acceptors (Lipinski definition) is 11. The van der Waals surface area contributed by atoms with Crippen LogP contribution in [0.1, 0.15) is 53.6 Å². The van der Waals surface area contributed by atoms with E-state index in [2.05, 4.69) is 35.7 Å². The number of benzene rings is 3. The van der Waals surface area contributed by atoms with Crippen LogP contribution in [0.15, 0.2) is 67.0 Å². The number of piperidine rings is 2. The number of hydrogen-bond donors (Lipinski definition) is 3. The fourth-order valence-corrected chi connectivity index (χ4v) is 8.91. The second-order valence-corrected chi connectivity index (χ2v) is 16.1. The molecule has 61 heavy (non-hydrogen) atoms. The fourth-order valence-electron chi connectivity index (χ4n) is 8.73. The van der Waals surface area contributed by atoms with Crippen LogP contribution in [0.25, 0.3) is 10.9 Å². The van der Waals surface area contributed by atoms with Gasteiger partial charge in [-0.2, -0.15) is 0 Å². The summed E-state index contributed by atoms with van der Waals surface area (Å²) < 4.78 is 19.3. The minimum Gasteiger partial charge on any atom is -0.494 e. The van der Waals surface area contributed by atoms with Crippen molar-refractivity contribution in [1.82, 2.24) is 34.9 Å². The van der Waals surface area contributed by atoms with E-state index in [1.807, 2.05) is 23.1 Å². The Morgan fingerprint density at radius 1 is 1.00 bits per heavy atom. The molecule has 4 aliphatic heterocycles. The molecule has 3 aromatic carbocycles. The molecular formula is C44H47ClFN9O6. The number of likely N-dealkylation sites (tertiary alicyclic amines) is 1. The Bertz CT molecular complexity index is 2400. The smallest absolute Gasteiger partial charge is 0.255 e. The fraction of sp³-hybridized carbons (Fsp3) is 0.386. The number of rotatable bonds is 12. The molecule has 8 rings (SSSR count). The molecule has 1 atom stereocenters. The van der Waals surface area contributed by atoms with Gasteiger partial charge in [-0.1, -0.05) is 29.8 Å². The molecule has 4 aliphatic rings. The van der Waals surface area contributed by atoms with Crippen LogP contribution in [-0.2, 0) is 32.1 Å². The zero-order valence-electron chi connectivity index (χ0n) is 33.8. The summed E-state index contributed by atoms with van der Waals surface area (Å²) in [6, 6.07) is 13.0. The van der Waals surface area contributed by atoms with E-state index in [1.54, 1.807) is 29.2 Å². The minimum atomic E-state index is -0.672. The number of anilines is 3. The van der Waals surface area contributed by atoms with Crippen molar-refractivity contribution in [1.29, 1.82) is 0 Å². The Hall–Kier alpha value is -5.97. The number of imide groups is 1. The first-order chi connectivity index (χ1) is 29.5. The lowest BCUT2D eigenvalue weighted by Gasteiger charge is -2.42. The number of methoxy groups -OCH3 is 1. The van der Waals surface area contributed by atoms with Crippen molar-refractivity contribution in [3.05, 3.63) is 94.5 Å². The van der Waals surface area contributed by atoms with Crippen molar-refractivity contribution in [2.24, 2.45) is 0 Å². The Kier molecular flexibility index (Phi) is 12.6. The molecule has 0 bridgehead atoms. The number of ether oxygens (including phenoxy) is 1. The number of carbonyl (C=O) groups excluding carboxylic acids is 5. The van der Waals surface area contributed by atoms with Crippen molar-refractivity contribution in [2.45, 2.75) is 57.2 Å². The number of piperazine rings is 1.